The average Bonchev–Trinajstić information content (AvgIpc) is 2.89. The molecule has 0 bridgehead atoms. The Morgan fingerprint density at radius 2 is 1.69 bits per heavy atom. The predicted molar refractivity (Wildman–Crippen MR) is 142 cm³/mol. The van der Waals surface area contributed by atoms with Crippen molar-refractivity contribution in [3.05, 3.63) is 53.1 Å². The molecule has 2 N–H and O–H groups in total. The van der Waals surface area contributed by atoms with Crippen LogP contribution in [-0.2, 0) is 21.2 Å². The second kappa shape index (κ2) is 11.6. The maximum atomic E-state index is 14.0. The highest BCUT2D eigenvalue weighted by molar-refractivity contribution is 7.91. The highest BCUT2D eigenvalue weighted by Crippen LogP contribution is 2.45. The SMILES string of the molecule is CCCCC1(CCCC)CN(c2ccc(C)cc2)c2cc(C)c(CNCC(=O)O)cc2S(=O)(=O)C1. The molecule has 0 aromatic heterocycles. The molecule has 0 aliphatic carbocycles. The molecule has 6 nitrogen and oxygen atoms in total. The molecule has 35 heavy (non-hydrogen) atoms. The number of rotatable bonds is 11. The second-order valence-corrected chi connectivity index (χ2v) is 12.1. The van der Waals surface area contributed by atoms with E-state index in [2.05, 4.69) is 55.3 Å². The Morgan fingerprint density at radius 1 is 1.06 bits per heavy atom. The molecule has 0 fully saturated rings. The normalized spacial score (nSPS) is 16.5. The van der Waals surface area contributed by atoms with Crippen LogP contribution in [0.15, 0.2) is 41.3 Å². The van der Waals surface area contributed by atoms with Crippen molar-refractivity contribution < 1.29 is 18.3 Å². The minimum Gasteiger partial charge on any atom is -0.480 e. The smallest absolute Gasteiger partial charge is 0.317 e. The number of hydrogen-bond donors (Lipinski definition) is 2. The van der Waals surface area contributed by atoms with Crippen molar-refractivity contribution in [1.82, 2.24) is 5.32 Å². The first-order valence-corrected chi connectivity index (χ1v) is 14.4. The number of carbonyl (C=O) groups is 1. The van der Waals surface area contributed by atoms with Gasteiger partial charge in [-0.2, -0.15) is 0 Å². The zero-order chi connectivity index (χ0) is 25.6. The van der Waals surface area contributed by atoms with Crippen molar-refractivity contribution in [3.63, 3.8) is 0 Å². The van der Waals surface area contributed by atoms with Crippen molar-refractivity contribution in [1.29, 1.82) is 0 Å². The van der Waals surface area contributed by atoms with Gasteiger partial charge in [0, 0.05) is 24.2 Å². The van der Waals surface area contributed by atoms with Crippen LogP contribution in [0.4, 0.5) is 11.4 Å². The molecule has 0 radical (unpaired) electrons. The molecule has 3 rings (SSSR count). The van der Waals surface area contributed by atoms with Crippen LogP contribution < -0.4 is 10.2 Å². The van der Waals surface area contributed by atoms with Gasteiger partial charge in [0.25, 0.3) is 0 Å². The minimum atomic E-state index is -3.56. The lowest BCUT2D eigenvalue weighted by atomic mass is 9.79. The summed E-state index contributed by atoms with van der Waals surface area (Å²) in [5, 5.41) is 11.9. The topological polar surface area (TPSA) is 86.7 Å². The number of nitrogens with one attached hydrogen (secondary N) is 1. The van der Waals surface area contributed by atoms with Crippen LogP contribution in [0.3, 0.4) is 0 Å². The van der Waals surface area contributed by atoms with Gasteiger partial charge < -0.3 is 15.3 Å². The van der Waals surface area contributed by atoms with E-state index < -0.39 is 15.8 Å². The summed E-state index contributed by atoms with van der Waals surface area (Å²) in [6.45, 7) is 9.13. The van der Waals surface area contributed by atoms with Crippen molar-refractivity contribution >= 4 is 27.2 Å². The molecule has 0 saturated heterocycles. The third-order valence-electron chi connectivity index (χ3n) is 7.09. The molecular formula is C28H40N2O4S. The van der Waals surface area contributed by atoms with Crippen LogP contribution in [0, 0.1) is 19.3 Å². The maximum absolute atomic E-state index is 14.0. The zero-order valence-corrected chi connectivity index (χ0v) is 22.4. The summed E-state index contributed by atoms with van der Waals surface area (Å²) in [5.74, 6) is -0.798. The van der Waals surface area contributed by atoms with Crippen LogP contribution >= 0.6 is 0 Å². The van der Waals surface area contributed by atoms with Gasteiger partial charge in [0.1, 0.15) is 0 Å². The van der Waals surface area contributed by atoms with E-state index in [-0.39, 0.29) is 17.7 Å². The number of fused-ring (bicyclic) bond motifs is 1. The zero-order valence-electron chi connectivity index (χ0n) is 21.6. The minimum absolute atomic E-state index is 0.139. The van der Waals surface area contributed by atoms with Gasteiger partial charge in [0.2, 0.25) is 0 Å². The van der Waals surface area contributed by atoms with Crippen molar-refractivity contribution in [2.75, 3.05) is 23.7 Å². The Balaban J connectivity index is 2.17. The van der Waals surface area contributed by atoms with Crippen LogP contribution in [0.5, 0.6) is 0 Å². The average molecular weight is 501 g/mol. The fourth-order valence-electron chi connectivity index (χ4n) is 5.10. The molecule has 0 atom stereocenters. The summed E-state index contributed by atoms with van der Waals surface area (Å²) in [7, 11) is -3.56. The molecule has 1 aliphatic rings. The summed E-state index contributed by atoms with van der Waals surface area (Å²) in [4.78, 5) is 13.5. The molecule has 1 heterocycles. The Kier molecular flexibility index (Phi) is 9.00. The Labute approximate surface area is 210 Å². The van der Waals surface area contributed by atoms with E-state index in [4.69, 9.17) is 5.11 Å². The Morgan fingerprint density at radius 3 is 2.26 bits per heavy atom. The van der Waals surface area contributed by atoms with Crippen molar-refractivity contribution in [3.8, 4) is 0 Å². The number of sulfone groups is 1. The third-order valence-corrected chi connectivity index (χ3v) is 9.08. The summed E-state index contributed by atoms with van der Waals surface area (Å²) in [5.41, 5.74) is 4.32. The quantitative estimate of drug-likeness (QED) is 0.407. The van der Waals surface area contributed by atoms with E-state index in [0.29, 0.717) is 18.0 Å². The molecule has 0 saturated carbocycles. The largest absolute Gasteiger partial charge is 0.480 e. The van der Waals surface area contributed by atoms with Gasteiger partial charge in [-0.3, -0.25) is 4.79 Å². The standard InChI is InChI=1S/C28H40N2O4S/c1-5-7-13-28(14-8-6-2)19-30(24-11-9-21(3)10-12-24)25-15-22(4)23(17-29-18-27(31)32)16-26(25)35(33,34)20-28/h9-12,15-16,29H,5-8,13-14,17-20H2,1-4H3,(H,31,32). The highest BCUT2D eigenvalue weighted by Gasteiger charge is 2.42. The van der Waals surface area contributed by atoms with Gasteiger partial charge in [-0.25, -0.2) is 8.42 Å². The van der Waals surface area contributed by atoms with E-state index in [1.807, 2.05) is 13.0 Å². The van der Waals surface area contributed by atoms with Crippen LogP contribution in [0.1, 0.15) is 69.1 Å². The first-order valence-electron chi connectivity index (χ1n) is 12.7. The van der Waals surface area contributed by atoms with Gasteiger partial charge in [-0.15, -0.1) is 0 Å². The number of aliphatic carboxylic acids is 1. The van der Waals surface area contributed by atoms with Gasteiger partial charge >= 0.3 is 5.97 Å². The summed E-state index contributed by atoms with van der Waals surface area (Å²) >= 11 is 0. The van der Waals surface area contributed by atoms with Gasteiger partial charge in [0.05, 0.1) is 22.9 Å². The van der Waals surface area contributed by atoms with E-state index in [1.54, 1.807) is 6.07 Å². The van der Waals surface area contributed by atoms with Crippen LogP contribution in [-0.4, -0.2) is 38.3 Å². The number of unbranched alkanes of at least 4 members (excludes halogenated alkanes) is 2. The molecule has 0 spiro atoms. The number of carboxylic acids is 1. The molecule has 1 aliphatic heterocycles. The van der Waals surface area contributed by atoms with E-state index >= 15 is 0 Å². The Hall–Kier alpha value is -2.38. The lowest BCUT2D eigenvalue weighted by Gasteiger charge is -2.37. The summed E-state index contributed by atoms with van der Waals surface area (Å²) in [6.07, 6.45) is 5.82. The van der Waals surface area contributed by atoms with Gasteiger partial charge in [-0.1, -0.05) is 57.2 Å². The number of anilines is 2. The third kappa shape index (κ3) is 6.64. The fourth-order valence-corrected chi connectivity index (χ4v) is 7.25. The van der Waals surface area contributed by atoms with Crippen molar-refractivity contribution in [2.45, 2.75) is 77.7 Å². The molecule has 192 valence electrons. The monoisotopic (exact) mass is 500 g/mol. The van der Waals surface area contributed by atoms with Crippen LogP contribution in [0.25, 0.3) is 0 Å². The van der Waals surface area contributed by atoms with Gasteiger partial charge in [-0.05, 0) is 62.1 Å². The molecule has 2 aromatic rings. The molecular weight excluding hydrogens is 460 g/mol. The predicted octanol–water partition coefficient (Wildman–Crippen LogP) is 5.77. The summed E-state index contributed by atoms with van der Waals surface area (Å²) < 4.78 is 27.9. The van der Waals surface area contributed by atoms with E-state index in [1.165, 1.54) is 0 Å². The van der Waals surface area contributed by atoms with E-state index in [0.717, 1.165) is 66.6 Å². The first-order chi connectivity index (χ1) is 16.6. The lowest BCUT2D eigenvalue weighted by Crippen LogP contribution is -2.38. The number of carboxylic acid groups (broad SMARTS) is 1. The Bertz CT molecular complexity index is 1120. The highest BCUT2D eigenvalue weighted by atomic mass is 32.2. The van der Waals surface area contributed by atoms with Crippen LogP contribution in [0.2, 0.25) is 0 Å². The second-order valence-electron chi connectivity index (χ2n) is 10.1. The summed E-state index contributed by atoms with van der Waals surface area (Å²) in [6, 6.07) is 12.1. The fraction of sp³-hybridized carbons (Fsp3) is 0.536. The number of benzene rings is 2. The van der Waals surface area contributed by atoms with E-state index in [9.17, 15) is 13.2 Å². The number of hydrogen-bond acceptors (Lipinski definition) is 5. The van der Waals surface area contributed by atoms with Crippen molar-refractivity contribution in [2.24, 2.45) is 5.41 Å². The molecule has 0 amide bonds. The maximum Gasteiger partial charge on any atom is 0.317 e. The molecule has 7 heteroatoms. The first kappa shape index (κ1) is 27.2. The lowest BCUT2D eigenvalue weighted by molar-refractivity contribution is -0.136. The number of aryl methyl sites for hydroxylation is 2. The van der Waals surface area contributed by atoms with Gasteiger partial charge in [0.15, 0.2) is 9.84 Å². The number of nitrogens with zero attached hydrogens (tertiary/aromatic N) is 1. The molecule has 2 aromatic carbocycles. The molecule has 0 unspecified atom stereocenters.